The van der Waals surface area contributed by atoms with Crippen LogP contribution in [0.2, 0.25) is 0 Å². The van der Waals surface area contributed by atoms with Gasteiger partial charge in [-0.3, -0.25) is 9.59 Å². The highest BCUT2D eigenvalue weighted by Crippen LogP contribution is 2.18. The Hall–Kier alpha value is -0.660. The molecule has 0 aliphatic rings. The molecule has 0 bridgehead atoms. The minimum absolute atomic E-state index is 0.0753. The maximum atomic E-state index is 12.5. The molecule has 0 saturated heterocycles. The van der Waals surface area contributed by atoms with E-state index in [1.165, 1.54) is 244 Å². The van der Waals surface area contributed by atoms with Gasteiger partial charge in [0.2, 0.25) is 0 Å². The lowest BCUT2D eigenvalue weighted by atomic mass is 9.93. The highest BCUT2D eigenvalue weighted by atomic mass is 16.1. The second kappa shape index (κ2) is 44.7. The lowest BCUT2D eigenvalue weighted by molar-refractivity contribution is -0.131. The molecule has 0 N–H and O–H groups in total. The van der Waals surface area contributed by atoms with Gasteiger partial charge in [-0.05, 0) is 19.8 Å². The Balaban J connectivity index is 3.35. The lowest BCUT2D eigenvalue weighted by Gasteiger charge is -2.09. The molecule has 0 unspecified atom stereocenters. The van der Waals surface area contributed by atoms with E-state index in [9.17, 15) is 9.59 Å². The van der Waals surface area contributed by atoms with Crippen LogP contribution in [0.25, 0.3) is 0 Å². The summed E-state index contributed by atoms with van der Waals surface area (Å²) in [6.45, 7) is 8.54. The number of hydrogen-bond acceptors (Lipinski definition) is 2. The Bertz CT molecular complexity index is 640. The first-order valence-corrected chi connectivity index (χ1v) is 24.5. The van der Waals surface area contributed by atoms with Crippen LogP contribution in [0.1, 0.15) is 296 Å². The minimum atomic E-state index is -0.629. The summed E-state index contributed by atoms with van der Waals surface area (Å²) in [6, 6.07) is 0. The van der Waals surface area contributed by atoms with Crippen molar-refractivity contribution in [2.45, 2.75) is 296 Å². The fourth-order valence-corrected chi connectivity index (χ4v) is 7.99. The smallest absolute Gasteiger partial charge is 0.143 e. The molecule has 0 aliphatic heterocycles. The fraction of sp³-hybridized carbons (Fsp3) is 0.940. The molecule has 1 radical (unpaired) electrons. The Kier molecular flexibility index (Phi) is 44.2. The van der Waals surface area contributed by atoms with Crippen LogP contribution in [0.3, 0.4) is 0 Å². The maximum Gasteiger partial charge on any atom is 0.143 e. The third-order valence-electron chi connectivity index (χ3n) is 11.8. The molecule has 0 rings (SSSR count). The number of rotatable bonds is 46. The van der Waals surface area contributed by atoms with E-state index in [0.29, 0.717) is 12.8 Å². The average Bonchev–Trinajstić information content (AvgIpc) is 3.15. The van der Waals surface area contributed by atoms with Gasteiger partial charge in [-0.2, -0.15) is 0 Å². The van der Waals surface area contributed by atoms with Crippen LogP contribution in [0, 0.1) is 12.8 Å². The summed E-state index contributed by atoms with van der Waals surface area (Å²) in [4.78, 5) is 25.0. The molecule has 309 valence electrons. The average molecular weight is 730 g/mol. The molecule has 0 amide bonds. The molecule has 0 spiro atoms. The molecule has 52 heavy (non-hydrogen) atoms. The molecule has 0 aliphatic carbocycles. The predicted molar refractivity (Wildman–Crippen MR) is 233 cm³/mol. The van der Waals surface area contributed by atoms with Gasteiger partial charge in [-0.25, -0.2) is 0 Å². The quantitative estimate of drug-likeness (QED) is 0.0462. The summed E-state index contributed by atoms with van der Waals surface area (Å²) in [6.07, 6.45) is 58.6. The topological polar surface area (TPSA) is 34.1 Å². The first-order valence-electron chi connectivity index (χ1n) is 24.5. The zero-order valence-corrected chi connectivity index (χ0v) is 36.2. The number of carbonyl (C=O) groups excluding carboxylic acids is 2. The summed E-state index contributed by atoms with van der Waals surface area (Å²) >= 11 is 0. The first kappa shape index (κ1) is 51.3. The molecule has 0 atom stereocenters. The van der Waals surface area contributed by atoms with Gasteiger partial charge in [-0.1, -0.05) is 271 Å². The summed E-state index contributed by atoms with van der Waals surface area (Å²) in [7, 11) is 0. The summed E-state index contributed by atoms with van der Waals surface area (Å²) in [5.74, 6) is -0.479. The number of Topliss-reactive ketones (excluding diaryl/α,β-unsaturated/α-hetero) is 2. The Morgan fingerprint density at radius 3 is 0.558 bits per heavy atom. The number of carbonyl (C=O) groups is 2. The number of unbranched alkanes of at least 4 members (excludes halogenated alkanes) is 40. The van der Waals surface area contributed by atoms with Gasteiger partial charge >= 0.3 is 0 Å². The van der Waals surface area contributed by atoms with Crippen molar-refractivity contribution >= 4 is 11.6 Å². The van der Waals surface area contributed by atoms with Crippen LogP contribution in [0.4, 0.5) is 0 Å². The van der Waals surface area contributed by atoms with Crippen molar-refractivity contribution in [1.82, 2.24) is 0 Å². The molecule has 2 nitrogen and oxygen atoms in total. The predicted octanol–water partition coefficient (Wildman–Crippen LogP) is 17.8. The van der Waals surface area contributed by atoms with Gasteiger partial charge in [-0.15, -0.1) is 0 Å². The molecule has 0 heterocycles. The molecule has 0 aromatic heterocycles. The van der Waals surface area contributed by atoms with E-state index in [0.717, 1.165) is 25.7 Å². The highest BCUT2D eigenvalue weighted by Gasteiger charge is 2.20. The van der Waals surface area contributed by atoms with Crippen LogP contribution < -0.4 is 0 Å². The molecule has 2 heteroatoms. The fourth-order valence-electron chi connectivity index (χ4n) is 7.99. The van der Waals surface area contributed by atoms with Crippen molar-refractivity contribution in [2.75, 3.05) is 0 Å². The van der Waals surface area contributed by atoms with Crippen LogP contribution in [-0.4, -0.2) is 11.6 Å². The number of hydrogen-bond donors (Lipinski definition) is 0. The van der Waals surface area contributed by atoms with E-state index >= 15 is 0 Å². The normalized spacial score (nSPS) is 11.6. The highest BCUT2D eigenvalue weighted by molar-refractivity contribution is 6.02. The van der Waals surface area contributed by atoms with Crippen LogP contribution >= 0.6 is 0 Å². The summed E-state index contributed by atoms with van der Waals surface area (Å²) < 4.78 is 0. The van der Waals surface area contributed by atoms with Crippen molar-refractivity contribution in [1.29, 1.82) is 0 Å². The molecule has 0 fully saturated rings. The standard InChI is InChI=1S/C50H97O2/c1-4-6-8-10-12-14-16-18-20-22-24-26-28-30-32-34-36-38-40-42-44-46-49(51)48(3)50(52)47-45-43-41-39-37-35-33-31-29-27-25-23-21-19-17-15-13-11-9-7-5-2/h48H,3-47H2,1-2H3. The van der Waals surface area contributed by atoms with Crippen molar-refractivity contribution in [3.05, 3.63) is 6.92 Å². The summed E-state index contributed by atoms with van der Waals surface area (Å²) in [5.41, 5.74) is 0. The SMILES string of the molecule is [CH2]C(C(=O)CCCCCCCCCCCCCCCCCCCCCCC)C(=O)CCCCCCCCCCCCCCCCCCCCCCC. The van der Waals surface area contributed by atoms with Crippen LogP contribution in [0.5, 0.6) is 0 Å². The second-order valence-electron chi connectivity index (χ2n) is 17.1. The largest absolute Gasteiger partial charge is 0.299 e. The Morgan fingerprint density at radius 1 is 0.269 bits per heavy atom. The van der Waals surface area contributed by atoms with Crippen LogP contribution in [0.15, 0.2) is 0 Å². The van der Waals surface area contributed by atoms with Crippen molar-refractivity contribution in [2.24, 2.45) is 5.92 Å². The van der Waals surface area contributed by atoms with E-state index in [-0.39, 0.29) is 11.6 Å². The Labute approximate surface area is 329 Å². The third kappa shape index (κ3) is 40.5. The van der Waals surface area contributed by atoms with Gasteiger partial charge in [0.15, 0.2) is 0 Å². The number of ketones is 2. The van der Waals surface area contributed by atoms with Crippen molar-refractivity contribution < 1.29 is 9.59 Å². The van der Waals surface area contributed by atoms with E-state index in [1.807, 2.05) is 0 Å². The van der Waals surface area contributed by atoms with E-state index in [1.54, 1.807) is 0 Å². The van der Waals surface area contributed by atoms with Gasteiger partial charge in [0.05, 0.1) is 5.92 Å². The molecule has 0 saturated carbocycles. The zero-order valence-electron chi connectivity index (χ0n) is 36.2. The second-order valence-corrected chi connectivity index (χ2v) is 17.1. The third-order valence-corrected chi connectivity index (χ3v) is 11.8. The van der Waals surface area contributed by atoms with Gasteiger partial charge in [0.25, 0.3) is 0 Å². The van der Waals surface area contributed by atoms with Crippen molar-refractivity contribution in [3.63, 3.8) is 0 Å². The van der Waals surface area contributed by atoms with Gasteiger partial charge < -0.3 is 0 Å². The zero-order chi connectivity index (χ0) is 37.8. The van der Waals surface area contributed by atoms with E-state index in [2.05, 4.69) is 20.8 Å². The lowest BCUT2D eigenvalue weighted by Crippen LogP contribution is -2.21. The Morgan fingerprint density at radius 2 is 0.404 bits per heavy atom. The molecular formula is C50H97O2. The van der Waals surface area contributed by atoms with Crippen LogP contribution in [-0.2, 0) is 9.59 Å². The monoisotopic (exact) mass is 730 g/mol. The summed E-state index contributed by atoms with van der Waals surface area (Å²) in [5, 5.41) is 0. The minimum Gasteiger partial charge on any atom is -0.299 e. The first-order chi connectivity index (χ1) is 25.6. The van der Waals surface area contributed by atoms with Gasteiger partial charge in [0, 0.05) is 12.8 Å². The molecule has 0 aromatic carbocycles. The van der Waals surface area contributed by atoms with Gasteiger partial charge in [0.1, 0.15) is 11.6 Å². The molecular weight excluding hydrogens is 633 g/mol. The van der Waals surface area contributed by atoms with E-state index < -0.39 is 5.92 Å². The maximum absolute atomic E-state index is 12.5. The van der Waals surface area contributed by atoms with Crippen molar-refractivity contribution in [3.8, 4) is 0 Å². The molecule has 0 aromatic rings. The van der Waals surface area contributed by atoms with E-state index in [4.69, 9.17) is 0 Å².